The Morgan fingerprint density at radius 3 is 3.04 bits per heavy atom. The molecule has 0 radical (unpaired) electrons. The van der Waals surface area contributed by atoms with Crippen molar-refractivity contribution in [3.63, 3.8) is 0 Å². The number of pyridine rings is 1. The lowest BCUT2D eigenvalue weighted by atomic mass is 10.2. The highest BCUT2D eigenvalue weighted by Crippen LogP contribution is 2.17. The van der Waals surface area contributed by atoms with Crippen LogP contribution in [0, 0.1) is 0 Å². The van der Waals surface area contributed by atoms with E-state index in [4.69, 9.17) is 14.2 Å². The lowest BCUT2D eigenvalue weighted by Gasteiger charge is -2.27. The lowest BCUT2D eigenvalue weighted by Crippen LogP contribution is -2.40. The Kier molecular flexibility index (Phi) is 5.55. The van der Waals surface area contributed by atoms with E-state index in [1.54, 1.807) is 24.1 Å². The van der Waals surface area contributed by atoms with Gasteiger partial charge in [-0.1, -0.05) is 12.1 Å². The van der Waals surface area contributed by atoms with Crippen molar-refractivity contribution >= 4 is 11.6 Å². The second-order valence-electron chi connectivity index (χ2n) is 6.77. The first kappa shape index (κ1) is 18.5. The number of carbonyl (C=O) groups excluding carboxylic acids is 1. The molecule has 0 spiro atoms. The van der Waals surface area contributed by atoms with E-state index in [9.17, 15) is 4.79 Å². The maximum absolute atomic E-state index is 12.7. The van der Waals surface area contributed by atoms with Crippen molar-refractivity contribution in [2.75, 3.05) is 33.4 Å². The van der Waals surface area contributed by atoms with Gasteiger partial charge in [-0.3, -0.25) is 4.79 Å². The Balaban J connectivity index is 1.38. The third-order valence-corrected chi connectivity index (χ3v) is 4.59. The Hall–Kier alpha value is -2.90. The first-order valence-corrected chi connectivity index (χ1v) is 9.29. The van der Waals surface area contributed by atoms with Gasteiger partial charge in [0.2, 0.25) is 0 Å². The molecule has 1 aromatic carbocycles. The van der Waals surface area contributed by atoms with Crippen molar-refractivity contribution in [3.05, 3.63) is 66.1 Å². The summed E-state index contributed by atoms with van der Waals surface area (Å²) in [5.41, 5.74) is 2.28. The van der Waals surface area contributed by atoms with Gasteiger partial charge in [0.05, 0.1) is 31.6 Å². The highest BCUT2D eigenvalue weighted by molar-refractivity contribution is 5.94. The minimum absolute atomic E-state index is 0.0765. The number of likely N-dealkylation sites (N-methyl/N-ethyl adjacent to an activating group) is 1. The van der Waals surface area contributed by atoms with Crippen LogP contribution in [0.4, 0.5) is 0 Å². The van der Waals surface area contributed by atoms with Gasteiger partial charge in [0.15, 0.2) is 0 Å². The molecule has 146 valence electrons. The molecule has 4 rings (SSSR count). The maximum Gasteiger partial charge on any atom is 0.253 e. The quantitative estimate of drug-likeness (QED) is 0.656. The maximum atomic E-state index is 12.7. The number of amides is 1. The molecule has 1 amide bonds. The largest absolute Gasteiger partial charge is 0.487 e. The molecule has 3 aromatic rings. The van der Waals surface area contributed by atoms with Crippen LogP contribution in [-0.2, 0) is 16.1 Å². The summed E-state index contributed by atoms with van der Waals surface area (Å²) < 4.78 is 18.8. The van der Waals surface area contributed by atoms with Crippen molar-refractivity contribution in [2.45, 2.75) is 12.7 Å². The molecular formula is C21H23N3O4. The van der Waals surface area contributed by atoms with Crippen molar-refractivity contribution in [1.29, 1.82) is 0 Å². The van der Waals surface area contributed by atoms with Crippen LogP contribution in [0.25, 0.3) is 5.65 Å². The predicted octanol–water partition coefficient (Wildman–Crippen LogP) is 2.40. The van der Waals surface area contributed by atoms with Crippen LogP contribution in [0.1, 0.15) is 16.1 Å². The van der Waals surface area contributed by atoms with Crippen LogP contribution in [-0.4, -0.2) is 59.7 Å². The zero-order chi connectivity index (χ0) is 19.3. The number of fused-ring (bicyclic) bond motifs is 1. The molecule has 7 heteroatoms. The number of hydrogen-bond acceptors (Lipinski definition) is 5. The molecule has 2 aromatic heterocycles. The van der Waals surface area contributed by atoms with E-state index >= 15 is 0 Å². The van der Waals surface area contributed by atoms with E-state index in [0.29, 0.717) is 44.3 Å². The van der Waals surface area contributed by atoms with Gasteiger partial charge in [-0.2, -0.15) is 0 Å². The second-order valence-corrected chi connectivity index (χ2v) is 6.77. The molecule has 3 heterocycles. The fourth-order valence-corrected chi connectivity index (χ4v) is 3.18. The minimum atomic E-state index is -0.0859. The van der Waals surface area contributed by atoms with E-state index in [-0.39, 0.29) is 12.0 Å². The predicted molar refractivity (Wildman–Crippen MR) is 103 cm³/mol. The number of carbonyl (C=O) groups is 1. The van der Waals surface area contributed by atoms with Gasteiger partial charge in [0.1, 0.15) is 18.0 Å². The summed E-state index contributed by atoms with van der Waals surface area (Å²) in [6.07, 6.45) is 3.80. The minimum Gasteiger partial charge on any atom is -0.487 e. The summed E-state index contributed by atoms with van der Waals surface area (Å²) in [6.45, 7) is 2.52. The van der Waals surface area contributed by atoms with Crippen molar-refractivity contribution in [2.24, 2.45) is 0 Å². The van der Waals surface area contributed by atoms with E-state index in [2.05, 4.69) is 4.98 Å². The molecule has 7 nitrogen and oxygen atoms in total. The molecule has 1 fully saturated rings. The lowest BCUT2D eigenvalue weighted by molar-refractivity contribution is -0.0933. The zero-order valence-corrected chi connectivity index (χ0v) is 15.8. The summed E-state index contributed by atoms with van der Waals surface area (Å²) >= 11 is 0. The highest BCUT2D eigenvalue weighted by atomic mass is 16.6. The fourth-order valence-electron chi connectivity index (χ4n) is 3.18. The zero-order valence-electron chi connectivity index (χ0n) is 15.8. The topological polar surface area (TPSA) is 65.3 Å². The van der Waals surface area contributed by atoms with Gasteiger partial charge in [0, 0.05) is 31.5 Å². The van der Waals surface area contributed by atoms with E-state index in [0.717, 1.165) is 11.3 Å². The molecule has 1 unspecified atom stereocenters. The normalized spacial score (nSPS) is 16.8. The molecule has 1 aliphatic rings. The smallest absolute Gasteiger partial charge is 0.253 e. The third-order valence-electron chi connectivity index (χ3n) is 4.59. The van der Waals surface area contributed by atoms with Crippen LogP contribution in [0.3, 0.4) is 0 Å². The average molecular weight is 381 g/mol. The standard InChI is InChI=1S/C21H23N3O4/c1-23(13-19-15-26-9-10-27-19)21(25)16-5-4-6-18(11-16)28-14-17-12-24-8-3-2-7-20(24)22-17/h2-8,11-12,19H,9-10,13-15H2,1H3. The summed E-state index contributed by atoms with van der Waals surface area (Å²) in [7, 11) is 1.77. The molecule has 0 saturated carbocycles. The number of nitrogens with zero attached hydrogens (tertiary/aromatic N) is 3. The number of ether oxygens (including phenoxy) is 3. The Bertz CT molecular complexity index is 916. The molecule has 0 bridgehead atoms. The molecule has 1 saturated heterocycles. The van der Waals surface area contributed by atoms with Gasteiger partial charge in [0.25, 0.3) is 5.91 Å². The summed E-state index contributed by atoms with van der Waals surface area (Å²) in [5.74, 6) is 0.556. The van der Waals surface area contributed by atoms with E-state index in [1.165, 1.54) is 0 Å². The Morgan fingerprint density at radius 2 is 2.21 bits per heavy atom. The summed E-state index contributed by atoms with van der Waals surface area (Å²) in [6, 6.07) is 13.0. The Morgan fingerprint density at radius 1 is 1.29 bits per heavy atom. The monoisotopic (exact) mass is 381 g/mol. The molecule has 0 N–H and O–H groups in total. The van der Waals surface area contributed by atoms with E-state index in [1.807, 2.05) is 47.1 Å². The number of hydrogen-bond donors (Lipinski definition) is 0. The van der Waals surface area contributed by atoms with Gasteiger partial charge < -0.3 is 23.5 Å². The average Bonchev–Trinajstić information content (AvgIpc) is 3.16. The third kappa shape index (κ3) is 4.32. The molecule has 1 aliphatic heterocycles. The van der Waals surface area contributed by atoms with Crippen molar-refractivity contribution in [3.8, 4) is 5.75 Å². The van der Waals surface area contributed by atoms with Gasteiger partial charge in [-0.15, -0.1) is 0 Å². The fraction of sp³-hybridized carbons (Fsp3) is 0.333. The summed E-state index contributed by atoms with van der Waals surface area (Å²) in [4.78, 5) is 18.9. The molecule has 28 heavy (non-hydrogen) atoms. The number of aromatic nitrogens is 2. The van der Waals surface area contributed by atoms with Crippen LogP contribution >= 0.6 is 0 Å². The Labute approximate surface area is 163 Å². The molecular weight excluding hydrogens is 358 g/mol. The first-order valence-electron chi connectivity index (χ1n) is 9.29. The summed E-state index contributed by atoms with van der Waals surface area (Å²) in [5, 5.41) is 0. The molecule has 0 aliphatic carbocycles. The van der Waals surface area contributed by atoms with Gasteiger partial charge in [-0.25, -0.2) is 4.98 Å². The SMILES string of the molecule is CN(CC1COCCO1)C(=O)c1cccc(OCc2cn3ccccc3n2)c1. The van der Waals surface area contributed by atoms with Crippen LogP contribution in [0.5, 0.6) is 5.75 Å². The number of rotatable bonds is 6. The van der Waals surface area contributed by atoms with Gasteiger partial charge in [-0.05, 0) is 30.3 Å². The van der Waals surface area contributed by atoms with Crippen LogP contribution < -0.4 is 4.74 Å². The number of imidazole rings is 1. The van der Waals surface area contributed by atoms with E-state index < -0.39 is 0 Å². The van der Waals surface area contributed by atoms with Crippen molar-refractivity contribution < 1.29 is 19.0 Å². The second kappa shape index (κ2) is 8.41. The van der Waals surface area contributed by atoms with Crippen LogP contribution in [0.2, 0.25) is 0 Å². The van der Waals surface area contributed by atoms with Crippen LogP contribution in [0.15, 0.2) is 54.9 Å². The van der Waals surface area contributed by atoms with Crippen molar-refractivity contribution in [1.82, 2.24) is 14.3 Å². The van der Waals surface area contributed by atoms with Gasteiger partial charge >= 0.3 is 0 Å². The number of benzene rings is 1. The first-order chi connectivity index (χ1) is 13.7. The highest BCUT2D eigenvalue weighted by Gasteiger charge is 2.20. The molecule has 1 atom stereocenters.